The molecule has 0 aromatic carbocycles. The molecule has 0 spiro atoms. The molecule has 0 bridgehead atoms. The van der Waals surface area contributed by atoms with E-state index in [1.807, 2.05) is 0 Å². The number of aliphatic carboxylic acids is 2. The van der Waals surface area contributed by atoms with Gasteiger partial charge in [0.15, 0.2) is 0 Å². The first-order valence-corrected chi connectivity index (χ1v) is 12.1. The molecule has 0 aromatic heterocycles. The average molecular weight is 492 g/mol. The van der Waals surface area contributed by atoms with Crippen LogP contribution in [0.3, 0.4) is 0 Å². The van der Waals surface area contributed by atoms with Crippen LogP contribution in [0.2, 0.25) is 0 Å². The highest BCUT2D eigenvalue weighted by Gasteiger charge is 2.31. The highest BCUT2D eigenvalue weighted by Crippen LogP contribution is 2.07. The van der Waals surface area contributed by atoms with Gasteiger partial charge in [-0.2, -0.15) is 11.8 Å². The molecule has 3 amide bonds. The van der Waals surface area contributed by atoms with Gasteiger partial charge in [0.1, 0.15) is 18.1 Å². The Morgan fingerprint density at radius 3 is 1.88 bits per heavy atom. The number of carbonyl (C=O) groups excluding carboxylic acids is 3. The highest BCUT2D eigenvalue weighted by molar-refractivity contribution is 7.98. The van der Waals surface area contributed by atoms with Crippen molar-refractivity contribution in [1.82, 2.24) is 16.0 Å². The molecule has 0 rings (SSSR count). The molecule has 0 aliphatic heterocycles. The molecular weight excluding hydrogens is 454 g/mol. The quantitative estimate of drug-likeness (QED) is 0.121. The van der Waals surface area contributed by atoms with Crippen molar-refractivity contribution in [3.05, 3.63) is 0 Å². The van der Waals surface area contributed by atoms with Gasteiger partial charge in [0.25, 0.3) is 0 Å². The van der Waals surface area contributed by atoms with Crippen LogP contribution >= 0.6 is 11.8 Å². The van der Waals surface area contributed by atoms with Gasteiger partial charge in [0.2, 0.25) is 17.7 Å². The van der Waals surface area contributed by atoms with Gasteiger partial charge < -0.3 is 37.6 Å². The lowest BCUT2D eigenvalue weighted by Gasteiger charge is -2.25. The maximum atomic E-state index is 12.8. The molecule has 190 valence electrons. The van der Waals surface area contributed by atoms with Crippen molar-refractivity contribution in [2.75, 3.05) is 18.6 Å². The minimum Gasteiger partial charge on any atom is -0.481 e. The number of rotatable bonds is 17. The predicted molar refractivity (Wildman–Crippen MR) is 124 cm³/mol. The van der Waals surface area contributed by atoms with Crippen LogP contribution in [0.5, 0.6) is 0 Å². The summed E-state index contributed by atoms with van der Waals surface area (Å²) in [5.74, 6) is -4.60. The fourth-order valence-corrected chi connectivity index (χ4v) is 3.23. The van der Waals surface area contributed by atoms with Gasteiger partial charge in [-0.05, 0) is 50.2 Å². The molecule has 0 saturated heterocycles. The highest BCUT2D eigenvalue weighted by atomic mass is 32.2. The van der Waals surface area contributed by atoms with Crippen LogP contribution in [-0.2, 0) is 24.0 Å². The Labute approximate surface area is 198 Å². The lowest BCUT2D eigenvalue weighted by Crippen LogP contribution is -2.58. The zero-order valence-electron chi connectivity index (χ0n) is 19.3. The predicted octanol–water partition coefficient (Wildman–Crippen LogP) is -1.13. The van der Waals surface area contributed by atoms with E-state index in [1.165, 1.54) is 11.8 Å². The first kappa shape index (κ1) is 30.6. The van der Waals surface area contributed by atoms with E-state index >= 15 is 0 Å². The SMILES string of the molecule is CSCCC(NC(=O)C(CC(=O)O)NC(=O)C(N)C(C)C)C(=O)NC(CCCCN)C(=O)O. The van der Waals surface area contributed by atoms with Crippen molar-refractivity contribution in [3.8, 4) is 0 Å². The van der Waals surface area contributed by atoms with E-state index < -0.39 is 60.2 Å². The van der Waals surface area contributed by atoms with E-state index in [4.69, 9.17) is 16.6 Å². The van der Waals surface area contributed by atoms with Gasteiger partial charge in [0.05, 0.1) is 12.5 Å². The maximum absolute atomic E-state index is 12.8. The van der Waals surface area contributed by atoms with Crippen LogP contribution in [-0.4, -0.2) is 82.6 Å². The van der Waals surface area contributed by atoms with Crippen LogP contribution in [0.15, 0.2) is 0 Å². The van der Waals surface area contributed by atoms with Gasteiger partial charge in [-0.15, -0.1) is 0 Å². The number of carboxylic acids is 2. The van der Waals surface area contributed by atoms with E-state index in [1.54, 1.807) is 20.1 Å². The topological polar surface area (TPSA) is 214 Å². The zero-order valence-corrected chi connectivity index (χ0v) is 20.2. The van der Waals surface area contributed by atoms with Gasteiger partial charge in [-0.25, -0.2) is 4.79 Å². The third-order valence-electron chi connectivity index (χ3n) is 4.84. The second-order valence-electron chi connectivity index (χ2n) is 7.96. The van der Waals surface area contributed by atoms with E-state index in [2.05, 4.69) is 16.0 Å². The number of hydrogen-bond acceptors (Lipinski definition) is 8. The molecule has 0 heterocycles. The molecule has 0 aromatic rings. The number of nitrogens with two attached hydrogens (primary N) is 2. The Morgan fingerprint density at radius 1 is 0.848 bits per heavy atom. The molecule has 0 aliphatic rings. The summed E-state index contributed by atoms with van der Waals surface area (Å²) in [4.78, 5) is 60.5. The molecule has 0 fully saturated rings. The summed E-state index contributed by atoms with van der Waals surface area (Å²) in [7, 11) is 0. The maximum Gasteiger partial charge on any atom is 0.326 e. The minimum atomic E-state index is -1.45. The molecule has 0 radical (unpaired) electrons. The molecule has 4 atom stereocenters. The number of nitrogens with one attached hydrogen (secondary N) is 3. The van der Waals surface area contributed by atoms with Crippen LogP contribution < -0.4 is 27.4 Å². The van der Waals surface area contributed by atoms with E-state index in [9.17, 15) is 29.1 Å². The molecule has 9 N–H and O–H groups in total. The third kappa shape index (κ3) is 12.4. The minimum absolute atomic E-state index is 0.173. The first-order valence-electron chi connectivity index (χ1n) is 10.7. The number of hydrogen-bond donors (Lipinski definition) is 7. The fraction of sp³-hybridized carbons (Fsp3) is 0.750. The van der Waals surface area contributed by atoms with Gasteiger partial charge >= 0.3 is 11.9 Å². The number of carboxylic acid groups (broad SMARTS) is 2. The molecular formula is C20H37N5O7S. The van der Waals surface area contributed by atoms with Crippen molar-refractivity contribution >= 4 is 41.4 Å². The Hall–Kier alpha value is -2.38. The Balaban J connectivity index is 5.43. The molecule has 33 heavy (non-hydrogen) atoms. The van der Waals surface area contributed by atoms with Crippen LogP contribution in [0.1, 0.15) is 46.0 Å². The summed E-state index contributed by atoms with van der Waals surface area (Å²) in [6.07, 6.45) is 2.53. The molecule has 12 nitrogen and oxygen atoms in total. The summed E-state index contributed by atoms with van der Waals surface area (Å²) < 4.78 is 0. The normalized spacial score (nSPS) is 14.6. The number of carbonyl (C=O) groups is 5. The lowest BCUT2D eigenvalue weighted by molar-refractivity contribution is -0.143. The fourth-order valence-electron chi connectivity index (χ4n) is 2.75. The monoisotopic (exact) mass is 491 g/mol. The molecule has 13 heteroatoms. The van der Waals surface area contributed by atoms with Gasteiger partial charge in [0, 0.05) is 0 Å². The summed E-state index contributed by atoms with van der Waals surface area (Å²) in [6.45, 7) is 3.79. The Morgan fingerprint density at radius 2 is 1.39 bits per heavy atom. The standard InChI is InChI=1S/C20H37N5O7S/c1-11(2)16(22)19(30)25-14(10-15(26)27)18(29)23-12(7-9-33-3)17(28)24-13(20(31)32)6-4-5-8-21/h11-14,16H,4-10,21-22H2,1-3H3,(H,23,29)(H,24,28)(H,25,30)(H,26,27)(H,31,32). The van der Waals surface area contributed by atoms with Crippen molar-refractivity contribution < 1.29 is 34.2 Å². The summed E-state index contributed by atoms with van der Waals surface area (Å²) in [5, 5.41) is 25.7. The number of thioether (sulfide) groups is 1. The largest absolute Gasteiger partial charge is 0.481 e. The summed E-state index contributed by atoms with van der Waals surface area (Å²) >= 11 is 1.41. The Bertz CT molecular complexity index is 677. The second kappa shape index (κ2) is 16.3. The van der Waals surface area contributed by atoms with Crippen LogP contribution in [0.25, 0.3) is 0 Å². The van der Waals surface area contributed by atoms with Crippen LogP contribution in [0.4, 0.5) is 0 Å². The van der Waals surface area contributed by atoms with E-state index in [0.717, 1.165) is 0 Å². The van der Waals surface area contributed by atoms with Gasteiger partial charge in [-0.3, -0.25) is 19.2 Å². The Kier molecular flexibility index (Phi) is 15.1. The van der Waals surface area contributed by atoms with Crippen molar-refractivity contribution in [3.63, 3.8) is 0 Å². The summed E-state index contributed by atoms with van der Waals surface area (Å²) in [5.41, 5.74) is 11.2. The molecule has 4 unspecified atom stereocenters. The zero-order chi connectivity index (χ0) is 25.6. The smallest absolute Gasteiger partial charge is 0.326 e. The lowest BCUT2D eigenvalue weighted by atomic mass is 10.0. The van der Waals surface area contributed by atoms with Crippen molar-refractivity contribution in [2.24, 2.45) is 17.4 Å². The number of unbranched alkanes of at least 4 members (excludes halogenated alkanes) is 1. The molecule has 0 aliphatic carbocycles. The second-order valence-corrected chi connectivity index (χ2v) is 8.94. The molecule has 0 saturated carbocycles. The first-order chi connectivity index (χ1) is 15.4. The number of amides is 3. The summed E-state index contributed by atoms with van der Waals surface area (Å²) in [6, 6.07) is -4.68. The van der Waals surface area contributed by atoms with Crippen LogP contribution in [0, 0.1) is 5.92 Å². The van der Waals surface area contributed by atoms with E-state index in [0.29, 0.717) is 25.1 Å². The third-order valence-corrected chi connectivity index (χ3v) is 5.48. The van der Waals surface area contributed by atoms with Crippen molar-refractivity contribution in [2.45, 2.75) is 70.1 Å². The van der Waals surface area contributed by atoms with E-state index in [-0.39, 0.29) is 18.8 Å². The average Bonchev–Trinajstić information content (AvgIpc) is 2.73. The van der Waals surface area contributed by atoms with Gasteiger partial charge in [-0.1, -0.05) is 13.8 Å². The van der Waals surface area contributed by atoms with Crippen molar-refractivity contribution in [1.29, 1.82) is 0 Å².